The molecule has 1 atom stereocenters. The number of aromatic nitrogens is 2. The van der Waals surface area contributed by atoms with Crippen LogP contribution < -0.4 is 16.2 Å². The van der Waals surface area contributed by atoms with Crippen molar-refractivity contribution in [2.45, 2.75) is 52.3 Å². The van der Waals surface area contributed by atoms with Gasteiger partial charge in [0.05, 0.1) is 35.3 Å². The second-order valence-corrected chi connectivity index (χ2v) is 10.3. The summed E-state index contributed by atoms with van der Waals surface area (Å²) in [4.78, 5) is 43.5. The molecule has 9 heteroatoms. The number of carbonyl (C=O) groups is 2. The molecule has 40 heavy (non-hydrogen) atoms. The number of benzene rings is 3. The van der Waals surface area contributed by atoms with Gasteiger partial charge in [-0.2, -0.15) is 0 Å². The standard InChI is InChI=1S/C31H34N4O5/c1-6-23(34-30(38)40-31(2,3)4)27-33-25-14-10-13-24(26(25)28(36)35(27)22-11-8-7-9-12-22)32-19-20-15-17-21(18-16-20)29(37)39-5/h7-18,23,32H,6,19H2,1-5H3,(H,34,38)/t23-/m0/s1. The van der Waals surface area contributed by atoms with Gasteiger partial charge in [-0.3, -0.25) is 9.36 Å². The fraction of sp³-hybridized carbons (Fsp3) is 0.290. The molecule has 1 amide bonds. The molecule has 0 aliphatic carbocycles. The monoisotopic (exact) mass is 542 g/mol. The molecule has 0 fully saturated rings. The van der Waals surface area contributed by atoms with Gasteiger partial charge in [-0.25, -0.2) is 14.6 Å². The quantitative estimate of drug-likeness (QED) is 0.272. The molecule has 0 unspecified atom stereocenters. The van der Waals surface area contributed by atoms with E-state index in [1.807, 2.05) is 61.5 Å². The van der Waals surface area contributed by atoms with E-state index in [9.17, 15) is 14.4 Å². The van der Waals surface area contributed by atoms with Gasteiger partial charge < -0.3 is 20.1 Å². The molecule has 0 aliphatic heterocycles. The average Bonchev–Trinajstić information content (AvgIpc) is 2.94. The predicted octanol–water partition coefficient (Wildman–Crippen LogP) is 5.76. The van der Waals surface area contributed by atoms with Crippen LogP contribution in [-0.4, -0.2) is 34.3 Å². The summed E-state index contributed by atoms with van der Waals surface area (Å²) < 4.78 is 11.8. The molecule has 0 saturated carbocycles. The van der Waals surface area contributed by atoms with E-state index in [0.29, 0.717) is 46.6 Å². The zero-order valence-electron chi connectivity index (χ0n) is 23.4. The number of amides is 1. The van der Waals surface area contributed by atoms with Crippen molar-refractivity contribution in [3.63, 3.8) is 0 Å². The SMILES string of the molecule is CC[C@H](NC(=O)OC(C)(C)C)c1nc2cccc(NCc3ccc(C(=O)OC)cc3)c2c(=O)n1-c1ccccc1. The number of fused-ring (bicyclic) bond motifs is 1. The highest BCUT2D eigenvalue weighted by Gasteiger charge is 2.25. The van der Waals surface area contributed by atoms with Gasteiger partial charge >= 0.3 is 12.1 Å². The van der Waals surface area contributed by atoms with E-state index < -0.39 is 23.7 Å². The lowest BCUT2D eigenvalue weighted by Gasteiger charge is -2.25. The van der Waals surface area contributed by atoms with Gasteiger partial charge in [0.2, 0.25) is 0 Å². The van der Waals surface area contributed by atoms with E-state index in [4.69, 9.17) is 14.5 Å². The third-order valence-corrected chi connectivity index (χ3v) is 6.21. The van der Waals surface area contributed by atoms with Crippen LogP contribution in [0.15, 0.2) is 77.6 Å². The number of hydrogen-bond donors (Lipinski definition) is 2. The fourth-order valence-electron chi connectivity index (χ4n) is 4.33. The summed E-state index contributed by atoms with van der Waals surface area (Å²) in [5.41, 5.74) is 2.21. The first-order chi connectivity index (χ1) is 19.1. The van der Waals surface area contributed by atoms with E-state index in [-0.39, 0.29) is 5.56 Å². The van der Waals surface area contributed by atoms with Crippen molar-refractivity contribution in [3.8, 4) is 5.69 Å². The largest absolute Gasteiger partial charge is 0.465 e. The number of para-hydroxylation sites is 1. The molecule has 0 saturated heterocycles. The summed E-state index contributed by atoms with van der Waals surface area (Å²) in [5.74, 6) is 0.0102. The molecule has 0 bridgehead atoms. The van der Waals surface area contributed by atoms with E-state index in [2.05, 4.69) is 10.6 Å². The molecule has 0 spiro atoms. The highest BCUT2D eigenvalue weighted by molar-refractivity contribution is 5.91. The Labute approximate surface area is 233 Å². The van der Waals surface area contributed by atoms with Crippen LogP contribution in [0.2, 0.25) is 0 Å². The van der Waals surface area contributed by atoms with Crippen LogP contribution in [0, 0.1) is 0 Å². The van der Waals surface area contributed by atoms with Gasteiger partial charge in [-0.15, -0.1) is 0 Å². The molecule has 1 aromatic heterocycles. The molecule has 0 radical (unpaired) electrons. The third-order valence-electron chi connectivity index (χ3n) is 6.21. The maximum absolute atomic E-state index is 14.2. The summed E-state index contributed by atoms with van der Waals surface area (Å²) in [6.07, 6.45) is -0.0919. The minimum Gasteiger partial charge on any atom is -0.465 e. The Bertz CT molecular complexity index is 1560. The maximum Gasteiger partial charge on any atom is 0.408 e. The number of methoxy groups -OCH3 is 1. The fourth-order valence-corrected chi connectivity index (χ4v) is 4.33. The summed E-state index contributed by atoms with van der Waals surface area (Å²) in [6, 6.07) is 21.2. The predicted molar refractivity (Wildman–Crippen MR) is 155 cm³/mol. The highest BCUT2D eigenvalue weighted by Crippen LogP contribution is 2.25. The summed E-state index contributed by atoms with van der Waals surface area (Å²) in [5, 5.41) is 6.66. The Morgan fingerprint density at radius 2 is 1.68 bits per heavy atom. The molecule has 9 nitrogen and oxygen atoms in total. The van der Waals surface area contributed by atoms with Crippen LogP contribution in [-0.2, 0) is 16.0 Å². The maximum atomic E-state index is 14.2. The van der Waals surface area contributed by atoms with E-state index in [1.54, 1.807) is 43.5 Å². The minimum absolute atomic E-state index is 0.264. The smallest absolute Gasteiger partial charge is 0.408 e. The summed E-state index contributed by atoms with van der Waals surface area (Å²) >= 11 is 0. The molecular formula is C31H34N4O5. The lowest BCUT2D eigenvalue weighted by molar-refractivity contribution is 0.0498. The molecular weight excluding hydrogens is 508 g/mol. The third kappa shape index (κ3) is 6.48. The van der Waals surface area contributed by atoms with E-state index in [0.717, 1.165) is 5.56 Å². The van der Waals surface area contributed by atoms with Crippen molar-refractivity contribution >= 4 is 28.7 Å². The number of alkyl carbamates (subject to hydrolysis) is 1. The molecule has 3 aromatic carbocycles. The molecule has 2 N–H and O–H groups in total. The zero-order chi connectivity index (χ0) is 28.9. The van der Waals surface area contributed by atoms with Gasteiger partial charge in [0, 0.05) is 12.2 Å². The van der Waals surface area contributed by atoms with Crippen LogP contribution >= 0.6 is 0 Å². The van der Waals surface area contributed by atoms with Gasteiger partial charge in [0.1, 0.15) is 11.4 Å². The Hall–Kier alpha value is -4.66. The number of carbonyl (C=O) groups excluding carboxylic acids is 2. The topological polar surface area (TPSA) is 112 Å². The molecule has 1 heterocycles. The van der Waals surface area contributed by atoms with Crippen LogP contribution in [0.5, 0.6) is 0 Å². The van der Waals surface area contributed by atoms with Gasteiger partial charge in [-0.05, 0) is 69.2 Å². The van der Waals surface area contributed by atoms with E-state index in [1.165, 1.54) is 7.11 Å². The van der Waals surface area contributed by atoms with Crippen molar-refractivity contribution in [2.75, 3.05) is 12.4 Å². The first-order valence-electron chi connectivity index (χ1n) is 13.1. The Morgan fingerprint density at radius 3 is 2.30 bits per heavy atom. The van der Waals surface area contributed by atoms with E-state index >= 15 is 0 Å². The minimum atomic E-state index is -0.668. The van der Waals surface area contributed by atoms with Gasteiger partial charge in [-0.1, -0.05) is 43.3 Å². The van der Waals surface area contributed by atoms with Crippen molar-refractivity contribution in [1.29, 1.82) is 0 Å². The number of nitrogens with zero attached hydrogens (tertiary/aromatic N) is 2. The number of esters is 1. The zero-order valence-corrected chi connectivity index (χ0v) is 23.4. The number of hydrogen-bond acceptors (Lipinski definition) is 7. The number of ether oxygens (including phenoxy) is 2. The molecule has 4 rings (SSSR count). The number of anilines is 1. The summed E-state index contributed by atoms with van der Waals surface area (Å²) in [7, 11) is 1.34. The highest BCUT2D eigenvalue weighted by atomic mass is 16.6. The van der Waals surface area contributed by atoms with Crippen LogP contribution in [0.3, 0.4) is 0 Å². The van der Waals surface area contributed by atoms with Gasteiger partial charge in [0.25, 0.3) is 5.56 Å². The van der Waals surface area contributed by atoms with Crippen LogP contribution in [0.25, 0.3) is 16.6 Å². The van der Waals surface area contributed by atoms with Crippen molar-refractivity contribution in [1.82, 2.24) is 14.9 Å². The Morgan fingerprint density at radius 1 is 0.975 bits per heavy atom. The van der Waals surface area contributed by atoms with Crippen LogP contribution in [0.1, 0.15) is 61.9 Å². The number of rotatable bonds is 8. The van der Waals surface area contributed by atoms with Crippen molar-refractivity contribution < 1.29 is 19.1 Å². The Balaban J connectivity index is 1.76. The van der Waals surface area contributed by atoms with Crippen LogP contribution in [0.4, 0.5) is 10.5 Å². The van der Waals surface area contributed by atoms with Crippen molar-refractivity contribution in [3.05, 3.63) is 100 Å². The Kier molecular flexibility index (Phi) is 8.52. The first kappa shape index (κ1) is 28.4. The lowest BCUT2D eigenvalue weighted by atomic mass is 10.1. The van der Waals surface area contributed by atoms with Gasteiger partial charge in [0.15, 0.2) is 0 Å². The number of nitrogens with one attached hydrogen (secondary N) is 2. The average molecular weight is 543 g/mol. The normalized spacial score (nSPS) is 12.0. The van der Waals surface area contributed by atoms with Crippen molar-refractivity contribution in [2.24, 2.45) is 0 Å². The lowest BCUT2D eigenvalue weighted by Crippen LogP contribution is -2.37. The molecule has 4 aromatic rings. The second-order valence-electron chi connectivity index (χ2n) is 10.3. The molecule has 208 valence electrons. The molecule has 0 aliphatic rings. The first-order valence-corrected chi connectivity index (χ1v) is 13.1. The second kappa shape index (κ2) is 12.0. The summed E-state index contributed by atoms with van der Waals surface area (Å²) in [6.45, 7) is 7.72.